The predicted octanol–water partition coefficient (Wildman–Crippen LogP) is 1.74. The van der Waals surface area contributed by atoms with Gasteiger partial charge in [-0.15, -0.1) is 0 Å². The molecule has 0 radical (unpaired) electrons. The summed E-state index contributed by atoms with van der Waals surface area (Å²) in [5, 5.41) is 2.81. The molecule has 2 fully saturated rings. The van der Waals surface area contributed by atoms with E-state index in [-0.39, 0.29) is 24.1 Å². The summed E-state index contributed by atoms with van der Waals surface area (Å²) in [5.74, 6) is 0.514. The first-order valence-corrected chi connectivity index (χ1v) is 9.87. The summed E-state index contributed by atoms with van der Waals surface area (Å²) in [4.78, 5) is 12.1. The number of carbonyl (C=O) groups is 1. The zero-order valence-electron chi connectivity index (χ0n) is 13.0. The van der Waals surface area contributed by atoms with E-state index in [2.05, 4.69) is 5.32 Å². The van der Waals surface area contributed by atoms with Gasteiger partial charge in [0.25, 0.3) is 0 Å². The Hall–Kier alpha value is -0.620. The Morgan fingerprint density at radius 1 is 1.14 bits per heavy atom. The highest BCUT2D eigenvalue weighted by Crippen LogP contribution is 2.31. The van der Waals surface area contributed by atoms with Crippen LogP contribution in [0.2, 0.25) is 0 Å². The van der Waals surface area contributed by atoms with Gasteiger partial charge in [0, 0.05) is 25.6 Å². The number of hydrogen-bond acceptors (Lipinski definition) is 3. The minimum Gasteiger partial charge on any atom is -0.355 e. The first-order valence-electron chi connectivity index (χ1n) is 8.26. The van der Waals surface area contributed by atoms with Crippen molar-refractivity contribution in [2.45, 2.75) is 51.9 Å². The van der Waals surface area contributed by atoms with E-state index in [0.29, 0.717) is 19.0 Å². The Balaban J connectivity index is 1.73. The third-order valence-electron chi connectivity index (χ3n) is 4.89. The minimum atomic E-state index is -3.21. The summed E-state index contributed by atoms with van der Waals surface area (Å²) >= 11 is 0. The maximum atomic E-state index is 12.2. The van der Waals surface area contributed by atoms with Crippen molar-refractivity contribution in [3.05, 3.63) is 0 Å². The number of sulfonamides is 1. The van der Waals surface area contributed by atoms with Gasteiger partial charge in [0.15, 0.2) is 0 Å². The molecule has 1 aliphatic carbocycles. The lowest BCUT2D eigenvalue weighted by Crippen LogP contribution is -2.41. The second-order valence-electron chi connectivity index (χ2n) is 6.40. The zero-order chi connectivity index (χ0) is 15.3. The third kappa shape index (κ3) is 4.68. The molecular formula is C15H28N2O3S. The van der Waals surface area contributed by atoms with Crippen LogP contribution in [0, 0.1) is 11.8 Å². The second kappa shape index (κ2) is 7.58. The van der Waals surface area contributed by atoms with Crippen molar-refractivity contribution in [2.75, 3.05) is 25.4 Å². The standard InChI is InChI=1S/C15H28N2O3S/c1-13(14-7-3-4-8-14)15(18)16-9-12-21(19,20)17-10-5-2-6-11-17/h13-14H,2-12H2,1H3,(H,16,18). The number of piperidine rings is 1. The highest BCUT2D eigenvalue weighted by Gasteiger charge is 2.27. The molecule has 0 bridgehead atoms. The molecule has 1 saturated carbocycles. The largest absolute Gasteiger partial charge is 0.355 e. The summed E-state index contributed by atoms with van der Waals surface area (Å²) < 4.78 is 25.9. The molecule has 1 atom stereocenters. The van der Waals surface area contributed by atoms with Gasteiger partial charge in [-0.2, -0.15) is 0 Å². The number of carbonyl (C=O) groups excluding carboxylic acids is 1. The van der Waals surface area contributed by atoms with Crippen molar-refractivity contribution in [2.24, 2.45) is 11.8 Å². The van der Waals surface area contributed by atoms with Crippen molar-refractivity contribution in [3.63, 3.8) is 0 Å². The van der Waals surface area contributed by atoms with Gasteiger partial charge in [0.2, 0.25) is 15.9 Å². The van der Waals surface area contributed by atoms with Crippen molar-refractivity contribution in [3.8, 4) is 0 Å². The van der Waals surface area contributed by atoms with Crippen LogP contribution < -0.4 is 5.32 Å². The quantitative estimate of drug-likeness (QED) is 0.812. The molecule has 1 heterocycles. The molecule has 5 nitrogen and oxygen atoms in total. The molecule has 1 N–H and O–H groups in total. The fourth-order valence-corrected chi connectivity index (χ4v) is 4.84. The van der Waals surface area contributed by atoms with E-state index < -0.39 is 10.0 Å². The molecule has 1 amide bonds. The van der Waals surface area contributed by atoms with E-state index in [0.717, 1.165) is 32.1 Å². The Morgan fingerprint density at radius 2 is 1.76 bits per heavy atom. The van der Waals surface area contributed by atoms with Crippen LogP contribution in [0.3, 0.4) is 0 Å². The van der Waals surface area contributed by atoms with E-state index in [4.69, 9.17) is 0 Å². The summed E-state index contributed by atoms with van der Waals surface area (Å²) in [6.45, 7) is 3.46. The molecule has 0 spiro atoms. The Kier molecular flexibility index (Phi) is 6.05. The highest BCUT2D eigenvalue weighted by molar-refractivity contribution is 7.89. The average molecular weight is 316 g/mol. The smallest absolute Gasteiger partial charge is 0.223 e. The van der Waals surface area contributed by atoms with E-state index in [9.17, 15) is 13.2 Å². The summed E-state index contributed by atoms with van der Waals surface area (Å²) in [6, 6.07) is 0. The van der Waals surface area contributed by atoms with Crippen LogP contribution in [0.1, 0.15) is 51.9 Å². The summed E-state index contributed by atoms with van der Waals surface area (Å²) in [5.41, 5.74) is 0. The van der Waals surface area contributed by atoms with Gasteiger partial charge in [0.05, 0.1) is 5.75 Å². The lowest BCUT2D eigenvalue weighted by molar-refractivity contribution is -0.125. The lowest BCUT2D eigenvalue weighted by Gasteiger charge is -2.26. The Bertz CT molecular complexity index is 438. The second-order valence-corrected chi connectivity index (χ2v) is 8.49. The van der Waals surface area contributed by atoms with Crippen molar-refractivity contribution in [1.29, 1.82) is 0 Å². The fourth-order valence-electron chi connectivity index (χ4n) is 3.41. The summed E-state index contributed by atoms with van der Waals surface area (Å²) in [6.07, 6.45) is 7.69. The van der Waals surface area contributed by atoms with Crippen LogP contribution in [0.4, 0.5) is 0 Å². The van der Waals surface area contributed by atoms with Gasteiger partial charge in [-0.3, -0.25) is 4.79 Å². The summed E-state index contributed by atoms with van der Waals surface area (Å²) in [7, 11) is -3.21. The van der Waals surface area contributed by atoms with Gasteiger partial charge in [0.1, 0.15) is 0 Å². The van der Waals surface area contributed by atoms with Gasteiger partial charge in [-0.1, -0.05) is 26.2 Å². The first kappa shape index (κ1) is 16.7. The molecule has 0 aromatic carbocycles. The predicted molar refractivity (Wildman–Crippen MR) is 83.3 cm³/mol. The number of nitrogens with zero attached hydrogens (tertiary/aromatic N) is 1. The average Bonchev–Trinajstić information content (AvgIpc) is 3.01. The molecule has 1 saturated heterocycles. The van der Waals surface area contributed by atoms with Crippen molar-refractivity contribution < 1.29 is 13.2 Å². The Morgan fingerprint density at radius 3 is 2.38 bits per heavy atom. The molecular weight excluding hydrogens is 288 g/mol. The molecule has 0 aromatic heterocycles. The first-order chi connectivity index (χ1) is 10.0. The van der Waals surface area contributed by atoms with E-state index in [1.165, 1.54) is 12.8 Å². The maximum absolute atomic E-state index is 12.2. The van der Waals surface area contributed by atoms with Crippen LogP contribution in [-0.2, 0) is 14.8 Å². The maximum Gasteiger partial charge on any atom is 0.223 e. The van der Waals surface area contributed by atoms with Gasteiger partial charge in [-0.25, -0.2) is 12.7 Å². The Labute approximate surface area is 128 Å². The topological polar surface area (TPSA) is 66.5 Å². The molecule has 6 heteroatoms. The van der Waals surface area contributed by atoms with E-state index in [1.54, 1.807) is 4.31 Å². The third-order valence-corrected chi connectivity index (χ3v) is 6.76. The van der Waals surface area contributed by atoms with Crippen LogP contribution >= 0.6 is 0 Å². The minimum absolute atomic E-state index is 0.00481. The van der Waals surface area contributed by atoms with Crippen LogP contribution in [0.5, 0.6) is 0 Å². The number of rotatable bonds is 6. The van der Waals surface area contributed by atoms with Crippen LogP contribution in [0.15, 0.2) is 0 Å². The van der Waals surface area contributed by atoms with Crippen molar-refractivity contribution in [1.82, 2.24) is 9.62 Å². The fraction of sp³-hybridized carbons (Fsp3) is 0.933. The van der Waals surface area contributed by atoms with Gasteiger partial charge in [-0.05, 0) is 31.6 Å². The SMILES string of the molecule is CC(C(=O)NCCS(=O)(=O)N1CCCCC1)C1CCCC1. The molecule has 1 aliphatic heterocycles. The monoisotopic (exact) mass is 316 g/mol. The van der Waals surface area contributed by atoms with Crippen molar-refractivity contribution >= 4 is 15.9 Å². The van der Waals surface area contributed by atoms with Crippen LogP contribution in [0.25, 0.3) is 0 Å². The van der Waals surface area contributed by atoms with Gasteiger partial charge < -0.3 is 5.32 Å². The molecule has 122 valence electrons. The zero-order valence-corrected chi connectivity index (χ0v) is 13.8. The number of amides is 1. The molecule has 1 unspecified atom stereocenters. The van der Waals surface area contributed by atoms with Gasteiger partial charge >= 0.3 is 0 Å². The van der Waals surface area contributed by atoms with E-state index in [1.807, 2.05) is 6.92 Å². The normalized spacial score (nSPS) is 23.1. The van der Waals surface area contributed by atoms with E-state index >= 15 is 0 Å². The van der Waals surface area contributed by atoms with Crippen LogP contribution in [-0.4, -0.2) is 44.0 Å². The lowest BCUT2D eigenvalue weighted by atomic mass is 9.92. The molecule has 2 rings (SSSR count). The molecule has 21 heavy (non-hydrogen) atoms. The molecule has 0 aromatic rings. The molecule has 2 aliphatic rings. The number of hydrogen-bond donors (Lipinski definition) is 1. The highest BCUT2D eigenvalue weighted by atomic mass is 32.2. The number of nitrogens with one attached hydrogen (secondary N) is 1.